The summed E-state index contributed by atoms with van der Waals surface area (Å²) in [6.45, 7) is 0. The molecule has 1 amide bonds. The van der Waals surface area contributed by atoms with Gasteiger partial charge in [-0.25, -0.2) is 4.99 Å². The minimum Gasteiger partial charge on any atom is -0.300 e. The molecule has 0 aromatic heterocycles. The fourth-order valence-corrected chi connectivity index (χ4v) is 0.885. The van der Waals surface area contributed by atoms with Crippen molar-refractivity contribution in [2.45, 2.75) is 3.92 Å². The van der Waals surface area contributed by atoms with Gasteiger partial charge < -0.3 is 5.32 Å². The summed E-state index contributed by atoms with van der Waals surface area (Å²) in [6.07, 6.45) is 1.53. The van der Waals surface area contributed by atoms with E-state index in [1.54, 1.807) is 0 Å². The van der Waals surface area contributed by atoms with Crippen molar-refractivity contribution in [3.63, 3.8) is 0 Å². The Balaban J connectivity index is 2.76. The van der Waals surface area contributed by atoms with Gasteiger partial charge in [0.2, 0.25) is 5.91 Å². The molecular weight excluding hydrogens is 251 g/mol. The van der Waals surface area contributed by atoms with Crippen LogP contribution in [0.2, 0.25) is 0 Å². The van der Waals surface area contributed by atoms with Gasteiger partial charge in [-0.15, -0.1) is 0 Å². The lowest BCUT2D eigenvalue weighted by Crippen LogP contribution is -2.38. The number of carbonyl (C=O) groups excluding carboxylic acids is 1. The second kappa shape index (κ2) is 2.70. The molecule has 0 bridgehead atoms. The normalized spacial score (nSPS) is 26.1. The monoisotopic (exact) mass is 254 g/mol. The van der Waals surface area contributed by atoms with Gasteiger partial charge in [-0.3, -0.25) is 4.79 Å². The molecule has 0 saturated heterocycles. The van der Waals surface area contributed by atoms with Gasteiger partial charge in [0.05, 0.1) is 0 Å². The van der Waals surface area contributed by atoms with Crippen LogP contribution >= 0.6 is 34.8 Å². The smallest absolute Gasteiger partial charge is 0.244 e. The zero-order valence-electron chi connectivity index (χ0n) is 4.30. The van der Waals surface area contributed by atoms with Crippen LogP contribution in [-0.4, -0.2) is 21.2 Å². The van der Waals surface area contributed by atoms with E-state index in [4.69, 9.17) is 0 Å². The lowest BCUT2D eigenvalue weighted by atomic mass is 10.4. The van der Waals surface area contributed by atoms with Crippen molar-refractivity contribution >= 4 is 52.0 Å². The molecular formula is C4H3IN2OS. The van der Waals surface area contributed by atoms with Gasteiger partial charge in [-0.2, -0.15) is 0 Å². The van der Waals surface area contributed by atoms with Crippen molar-refractivity contribution in [3.8, 4) is 0 Å². The topological polar surface area (TPSA) is 41.5 Å². The Bertz CT molecular complexity index is 191. The van der Waals surface area contributed by atoms with Crippen LogP contribution in [0.3, 0.4) is 0 Å². The lowest BCUT2D eigenvalue weighted by Gasteiger charge is -2.09. The number of carbonyl (C=O) groups is 1. The van der Waals surface area contributed by atoms with Crippen LogP contribution in [0.5, 0.6) is 0 Å². The van der Waals surface area contributed by atoms with Crippen molar-refractivity contribution in [1.82, 2.24) is 5.32 Å². The Hall–Kier alpha value is -0.0400. The van der Waals surface area contributed by atoms with E-state index in [9.17, 15) is 4.79 Å². The highest BCUT2D eigenvalue weighted by Crippen LogP contribution is 2.00. The first-order valence-electron chi connectivity index (χ1n) is 2.23. The first-order valence-corrected chi connectivity index (χ1v) is 3.88. The van der Waals surface area contributed by atoms with Crippen LogP contribution in [0, 0.1) is 0 Å². The molecule has 1 aliphatic heterocycles. The summed E-state index contributed by atoms with van der Waals surface area (Å²) in [5, 5.41) is 2.67. The fraction of sp³-hybridized carbons (Fsp3) is 0.250. The third-order valence-corrected chi connectivity index (χ3v) is 1.90. The third kappa shape index (κ3) is 1.68. The van der Waals surface area contributed by atoms with Gasteiger partial charge >= 0.3 is 0 Å². The van der Waals surface area contributed by atoms with E-state index in [0.717, 1.165) is 0 Å². The average Bonchev–Trinajstić information content (AvgIpc) is 1.80. The zero-order chi connectivity index (χ0) is 6.85. The van der Waals surface area contributed by atoms with Gasteiger partial charge in [-0.1, -0.05) is 22.6 Å². The van der Waals surface area contributed by atoms with Crippen LogP contribution in [0.25, 0.3) is 0 Å². The van der Waals surface area contributed by atoms with E-state index < -0.39 is 0 Å². The molecule has 0 spiro atoms. The Morgan fingerprint density at radius 3 is 3.00 bits per heavy atom. The number of alkyl halides is 1. The molecule has 0 fully saturated rings. The summed E-state index contributed by atoms with van der Waals surface area (Å²) in [7, 11) is 0. The van der Waals surface area contributed by atoms with Crippen LogP contribution in [0.1, 0.15) is 0 Å². The highest BCUT2D eigenvalue weighted by Gasteiger charge is 2.16. The van der Waals surface area contributed by atoms with Crippen molar-refractivity contribution in [3.05, 3.63) is 0 Å². The van der Waals surface area contributed by atoms with Crippen LogP contribution < -0.4 is 5.32 Å². The number of halogens is 1. The first-order chi connectivity index (χ1) is 4.20. The molecule has 48 valence electrons. The summed E-state index contributed by atoms with van der Waals surface area (Å²) in [4.78, 5) is 14.4. The van der Waals surface area contributed by atoms with E-state index >= 15 is 0 Å². The Labute approximate surface area is 71.1 Å². The number of hydrogen-bond acceptors (Lipinski definition) is 2. The number of thiocarbonyl (C=S) groups is 1. The zero-order valence-corrected chi connectivity index (χ0v) is 7.27. The molecule has 0 aromatic carbocycles. The van der Waals surface area contributed by atoms with Crippen LogP contribution in [-0.2, 0) is 4.79 Å². The molecule has 0 saturated carbocycles. The molecule has 0 aliphatic carbocycles. The number of rotatable bonds is 0. The van der Waals surface area contributed by atoms with Gasteiger partial charge in [0.15, 0.2) is 5.11 Å². The average molecular weight is 254 g/mol. The highest BCUT2D eigenvalue weighted by atomic mass is 127. The molecule has 1 atom stereocenters. The number of nitrogens with one attached hydrogen (secondary N) is 1. The van der Waals surface area contributed by atoms with E-state index in [1.165, 1.54) is 6.21 Å². The lowest BCUT2D eigenvalue weighted by molar-refractivity contribution is -0.117. The molecule has 0 radical (unpaired) electrons. The maximum absolute atomic E-state index is 10.7. The fourth-order valence-electron chi connectivity index (χ4n) is 0.407. The van der Waals surface area contributed by atoms with Crippen LogP contribution in [0.15, 0.2) is 4.99 Å². The molecule has 5 heteroatoms. The van der Waals surface area contributed by atoms with Crippen molar-refractivity contribution < 1.29 is 4.79 Å². The van der Waals surface area contributed by atoms with Gasteiger partial charge in [0, 0.05) is 6.21 Å². The minimum atomic E-state index is -0.172. The first kappa shape index (κ1) is 7.07. The molecule has 9 heavy (non-hydrogen) atoms. The predicted octanol–water partition coefficient (Wildman–Crippen LogP) is 0.276. The molecule has 1 heterocycles. The molecule has 1 rings (SSSR count). The van der Waals surface area contributed by atoms with Crippen molar-refractivity contribution in [2.24, 2.45) is 4.99 Å². The van der Waals surface area contributed by atoms with E-state index in [1.807, 2.05) is 22.6 Å². The second-order valence-corrected chi connectivity index (χ2v) is 3.20. The number of amides is 1. The maximum atomic E-state index is 10.7. The SMILES string of the molecule is O=C1NC(=S)N=CC1I. The van der Waals surface area contributed by atoms with E-state index in [-0.39, 0.29) is 14.9 Å². The largest absolute Gasteiger partial charge is 0.300 e. The number of hydrogen-bond donors (Lipinski definition) is 1. The molecule has 1 N–H and O–H groups in total. The Morgan fingerprint density at radius 1 is 1.89 bits per heavy atom. The maximum Gasteiger partial charge on any atom is 0.244 e. The predicted molar refractivity (Wildman–Crippen MR) is 47.0 cm³/mol. The Kier molecular flexibility index (Phi) is 2.12. The molecule has 3 nitrogen and oxygen atoms in total. The van der Waals surface area contributed by atoms with E-state index in [0.29, 0.717) is 0 Å². The van der Waals surface area contributed by atoms with Gasteiger partial charge in [-0.05, 0) is 12.2 Å². The Morgan fingerprint density at radius 2 is 2.56 bits per heavy atom. The van der Waals surface area contributed by atoms with Crippen molar-refractivity contribution in [2.75, 3.05) is 0 Å². The number of aliphatic imine (C=N–C) groups is 1. The summed E-state index contributed by atoms with van der Waals surface area (Å²) in [5.74, 6) is -0.0874. The van der Waals surface area contributed by atoms with Gasteiger partial charge in [0.1, 0.15) is 3.92 Å². The van der Waals surface area contributed by atoms with E-state index in [2.05, 4.69) is 22.5 Å². The standard InChI is InChI=1S/C4H3IN2OS/c5-2-1-6-4(9)7-3(2)8/h1-2H,(H,7,8,9). The summed E-state index contributed by atoms with van der Waals surface area (Å²) in [6, 6.07) is 0. The van der Waals surface area contributed by atoms with Crippen molar-refractivity contribution in [1.29, 1.82) is 0 Å². The number of nitrogens with zero attached hydrogens (tertiary/aromatic N) is 1. The summed E-state index contributed by atoms with van der Waals surface area (Å²) < 4.78 is -0.172. The summed E-state index contributed by atoms with van der Waals surface area (Å²) in [5.41, 5.74) is 0. The molecule has 1 aliphatic rings. The summed E-state index contributed by atoms with van der Waals surface area (Å²) >= 11 is 6.57. The second-order valence-electron chi connectivity index (χ2n) is 1.47. The molecule has 1 unspecified atom stereocenters. The third-order valence-electron chi connectivity index (χ3n) is 0.803. The molecule has 0 aromatic rings. The van der Waals surface area contributed by atoms with Gasteiger partial charge in [0.25, 0.3) is 0 Å². The highest BCUT2D eigenvalue weighted by molar-refractivity contribution is 14.1. The van der Waals surface area contributed by atoms with Crippen LogP contribution in [0.4, 0.5) is 0 Å². The quantitative estimate of drug-likeness (QED) is 0.383. The minimum absolute atomic E-state index is 0.0874.